The summed E-state index contributed by atoms with van der Waals surface area (Å²) >= 11 is 0. The summed E-state index contributed by atoms with van der Waals surface area (Å²) in [7, 11) is 0. The van der Waals surface area contributed by atoms with Crippen LogP contribution < -0.4 is 0 Å². The van der Waals surface area contributed by atoms with Crippen LogP contribution >= 0.6 is 0 Å². The van der Waals surface area contributed by atoms with Crippen LogP contribution in [0.2, 0.25) is 0 Å². The normalized spacial score (nSPS) is 13.7. The Balaban J connectivity index is 1.32. The Hall–Kier alpha value is -5.74. The number of para-hydroxylation sites is 2. The van der Waals surface area contributed by atoms with E-state index in [0.717, 1.165) is 38.8 Å². The molecular formula is C41H27N3O. The number of hydrogen-bond acceptors (Lipinski definition) is 3. The standard InChI is InChI=1S/C41H27N3O/c1-41(2)32-16-8-5-13-27(32)30-22-26(19-20-33(30)41)38-42-39(37-29-15-7-10-18-36(29)45-40(37)43-38)44-34-17-9-6-14-28(34)31-21-24-11-3-4-12-25(24)23-35(31)44/h3-23H,1-2H3. The van der Waals surface area contributed by atoms with Crippen molar-refractivity contribution in [3.8, 4) is 28.3 Å². The molecule has 0 radical (unpaired) electrons. The third kappa shape index (κ3) is 3.31. The molecule has 212 valence electrons. The number of fused-ring (bicyclic) bond motifs is 10. The van der Waals surface area contributed by atoms with E-state index in [0.29, 0.717) is 11.5 Å². The quantitative estimate of drug-likeness (QED) is 0.205. The van der Waals surface area contributed by atoms with Crippen molar-refractivity contribution in [1.29, 1.82) is 0 Å². The molecule has 6 aromatic carbocycles. The fraction of sp³-hybridized carbons (Fsp3) is 0.0732. The van der Waals surface area contributed by atoms with Gasteiger partial charge in [0.15, 0.2) is 11.6 Å². The molecular weight excluding hydrogens is 550 g/mol. The van der Waals surface area contributed by atoms with Crippen LogP contribution in [0.1, 0.15) is 25.0 Å². The van der Waals surface area contributed by atoms with Gasteiger partial charge in [-0.1, -0.05) is 111 Å². The van der Waals surface area contributed by atoms with E-state index in [1.54, 1.807) is 0 Å². The molecule has 0 spiro atoms. The zero-order valence-electron chi connectivity index (χ0n) is 24.9. The summed E-state index contributed by atoms with van der Waals surface area (Å²) < 4.78 is 8.77. The minimum absolute atomic E-state index is 0.0646. The summed E-state index contributed by atoms with van der Waals surface area (Å²) in [6.07, 6.45) is 0. The molecule has 0 N–H and O–H groups in total. The smallest absolute Gasteiger partial charge is 0.233 e. The van der Waals surface area contributed by atoms with Gasteiger partial charge in [-0.2, -0.15) is 4.98 Å². The molecule has 10 rings (SSSR count). The van der Waals surface area contributed by atoms with Crippen LogP contribution in [0.5, 0.6) is 0 Å². The van der Waals surface area contributed by atoms with Crippen LogP contribution in [0.3, 0.4) is 0 Å². The third-order valence-electron chi connectivity index (χ3n) is 9.81. The highest BCUT2D eigenvalue weighted by Crippen LogP contribution is 2.49. The maximum absolute atomic E-state index is 6.47. The summed E-state index contributed by atoms with van der Waals surface area (Å²) in [5, 5.41) is 6.72. The van der Waals surface area contributed by atoms with Crippen molar-refractivity contribution >= 4 is 54.6 Å². The molecule has 0 amide bonds. The van der Waals surface area contributed by atoms with Gasteiger partial charge in [-0.25, -0.2) is 4.98 Å². The van der Waals surface area contributed by atoms with Crippen molar-refractivity contribution in [1.82, 2.24) is 14.5 Å². The highest BCUT2D eigenvalue weighted by Gasteiger charge is 2.35. The first-order valence-corrected chi connectivity index (χ1v) is 15.4. The van der Waals surface area contributed by atoms with Gasteiger partial charge >= 0.3 is 0 Å². The summed E-state index contributed by atoms with van der Waals surface area (Å²) in [6, 6.07) is 45.3. The Morgan fingerprint density at radius 3 is 2.18 bits per heavy atom. The van der Waals surface area contributed by atoms with Gasteiger partial charge in [-0.3, -0.25) is 4.57 Å². The van der Waals surface area contributed by atoms with Crippen LogP contribution in [0.15, 0.2) is 132 Å². The molecule has 4 nitrogen and oxygen atoms in total. The minimum Gasteiger partial charge on any atom is -0.437 e. The first kappa shape index (κ1) is 24.7. The van der Waals surface area contributed by atoms with Gasteiger partial charge in [-0.15, -0.1) is 0 Å². The lowest BCUT2D eigenvalue weighted by Crippen LogP contribution is -2.14. The number of hydrogen-bond donors (Lipinski definition) is 0. The van der Waals surface area contributed by atoms with E-state index in [1.165, 1.54) is 43.8 Å². The maximum Gasteiger partial charge on any atom is 0.233 e. The zero-order valence-corrected chi connectivity index (χ0v) is 24.9. The van der Waals surface area contributed by atoms with E-state index >= 15 is 0 Å². The van der Waals surface area contributed by atoms with Crippen LogP contribution in [-0.4, -0.2) is 14.5 Å². The molecule has 0 saturated heterocycles. The predicted octanol–water partition coefficient (Wildman–Crippen LogP) is 10.6. The van der Waals surface area contributed by atoms with E-state index in [9.17, 15) is 0 Å². The first-order valence-electron chi connectivity index (χ1n) is 15.4. The fourth-order valence-electron chi connectivity index (χ4n) is 7.64. The van der Waals surface area contributed by atoms with Crippen molar-refractivity contribution in [3.05, 3.63) is 139 Å². The van der Waals surface area contributed by atoms with Crippen LogP contribution in [-0.2, 0) is 5.41 Å². The van der Waals surface area contributed by atoms with Gasteiger partial charge in [0.05, 0.1) is 16.4 Å². The average Bonchev–Trinajstić information content (AvgIpc) is 3.69. The molecule has 0 saturated carbocycles. The third-order valence-corrected chi connectivity index (χ3v) is 9.81. The fourth-order valence-corrected chi connectivity index (χ4v) is 7.64. The van der Waals surface area contributed by atoms with Crippen molar-refractivity contribution in [2.75, 3.05) is 0 Å². The van der Waals surface area contributed by atoms with Crippen molar-refractivity contribution in [2.24, 2.45) is 0 Å². The molecule has 1 aliphatic rings. The summed E-state index contributed by atoms with van der Waals surface area (Å²) in [5.74, 6) is 1.47. The van der Waals surface area contributed by atoms with Crippen molar-refractivity contribution < 1.29 is 4.42 Å². The van der Waals surface area contributed by atoms with Gasteiger partial charge in [0.1, 0.15) is 5.58 Å². The van der Waals surface area contributed by atoms with Crippen LogP contribution in [0, 0.1) is 0 Å². The second kappa shape index (κ2) is 8.67. The van der Waals surface area contributed by atoms with Gasteiger partial charge in [-0.05, 0) is 63.4 Å². The number of nitrogens with zero attached hydrogens (tertiary/aromatic N) is 3. The molecule has 45 heavy (non-hydrogen) atoms. The molecule has 9 aromatic rings. The Morgan fingerprint density at radius 1 is 0.578 bits per heavy atom. The highest BCUT2D eigenvalue weighted by molar-refractivity contribution is 6.16. The Morgan fingerprint density at radius 2 is 1.29 bits per heavy atom. The molecule has 0 atom stereocenters. The second-order valence-electron chi connectivity index (χ2n) is 12.6. The van der Waals surface area contributed by atoms with Crippen molar-refractivity contribution in [2.45, 2.75) is 19.3 Å². The van der Waals surface area contributed by atoms with E-state index in [1.807, 2.05) is 18.2 Å². The first-order chi connectivity index (χ1) is 22.1. The number of aromatic nitrogens is 3. The van der Waals surface area contributed by atoms with E-state index < -0.39 is 0 Å². The topological polar surface area (TPSA) is 43.9 Å². The van der Waals surface area contributed by atoms with Gasteiger partial charge < -0.3 is 4.42 Å². The molecule has 0 aliphatic heterocycles. The van der Waals surface area contributed by atoms with Crippen LogP contribution in [0.4, 0.5) is 0 Å². The monoisotopic (exact) mass is 577 g/mol. The molecule has 3 aromatic heterocycles. The Kier molecular flexibility index (Phi) is 4.76. The van der Waals surface area contributed by atoms with Crippen LogP contribution in [0.25, 0.3) is 83.0 Å². The molecule has 0 unspecified atom stereocenters. The van der Waals surface area contributed by atoms with E-state index in [4.69, 9.17) is 14.4 Å². The van der Waals surface area contributed by atoms with Gasteiger partial charge in [0, 0.05) is 27.1 Å². The van der Waals surface area contributed by atoms with Crippen molar-refractivity contribution in [3.63, 3.8) is 0 Å². The number of rotatable bonds is 2. The average molecular weight is 578 g/mol. The molecule has 1 aliphatic carbocycles. The largest absolute Gasteiger partial charge is 0.437 e. The predicted molar refractivity (Wildman–Crippen MR) is 184 cm³/mol. The molecule has 3 heterocycles. The summed E-state index contributed by atoms with van der Waals surface area (Å²) in [4.78, 5) is 10.5. The Bertz CT molecular complexity index is 2690. The molecule has 0 fully saturated rings. The lowest BCUT2D eigenvalue weighted by molar-refractivity contribution is 0.653. The Labute approximate surface area is 259 Å². The van der Waals surface area contributed by atoms with Gasteiger partial charge in [0.2, 0.25) is 5.71 Å². The van der Waals surface area contributed by atoms with E-state index in [-0.39, 0.29) is 5.41 Å². The van der Waals surface area contributed by atoms with Gasteiger partial charge in [0.25, 0.3) is 0 Å². The summed E-state index contributed by atoms with van der Waals surface area (Å²) in [5.41, 5.74) is 9.70. The molecule has 0 bridgehead atoms. The highest BCUT2D eigenvalue weighted by atomic mass is 16.3. The lowest BCUT2D eigenvalue weighted by atomic mass is 9.82. The molecule has 4 heteroatoms. The minimum atomic E-state index is -0.0646. The maximum atomic E-state index is 6.47. The summed E-state index contributed by atoms with van der Waals surface area (Å²) in [6.45, 7) is 4.61. The SMILES string of the molecule is CC1(C)c2ccccc2-c2cc(-c3nc(-n4c5ccccc5c5cc6ccccc6cc54)c4c(n3)oc3ccccc34)ccc21. The number of benzene rings is 6. The van der Waals surface area contributed by atoms with E-state index in [2.05, 4.69) is 128 Å². The lowest BCUT2D eigenvalue weighted by Gasteiger charge is -2.21. The number of furan rings is 1. The zero-order chi connectivity index (χ0) is 29.9. The second-order valence-corrected chi connectivity index (χ2v) is 12.6.